The maximum atomic E-state index is 12.7. The van der Waals surface area contributed by atoms with Gasteiger partial charge in [-0.1, -0.05) is 22.7 Å². The van der Waals surface area contributed by atoms with Crippen molar-refractivity contribution < 1.29 is 8.87 Å². The van der Waals surface area contributed by atoms with Crippen LogP contribution in [0, 0.1) is 5.95 Å². The van der Waals surface area contributed by atoms with E-state index in [9.17, 15) is 8.87 Å². The summed E-state index contributed by atoms with van der Waals surface area (Å²) in [4.78, 5) is 0.0370. The van der Waals surface area contributed by atoms with Crippen LogP contribution >= 0.6 is 0 Å². The third-order valence-corrected chi connectivity index (χ3v) is 1.61. The third-order valence-electron chi connectivity index (χ3n) is 1.61. The number of halogens is 2. The van der Waals surface area contributed by atoms with Gasteiger partial charge in [-0.25, -0.2) is 0 Å². The Morgan fingerprint density at radius 3 is 2.64 bits per heavy atom. The number of benzene rings is 1. The van der Waals surface area contributed by atoms with Crippen molar-refractivity contribution in [2.45, 2.75) is 0 Å². The summed E-state index contributed by atoms with van der Waals surface area (Å²) in [5.41, 5.74) is 0.269. The molecule has 0 unspecified atom stereocenters. The zero-order chi connectivity index (χ0) is 7.84. The van der Waals surface area contributed by atoms with E-state index >= 15 is 0 Å². The van der Waals surface area contributed by atoms with Gasteiger partial charge in [0.05, 0.1) is 5.52 Å². The van der Waals surface area contributed by atoms with Crippen molar-refractivity contribution in [1.29, 1.82) is 0 Å². The molecule has 1 aromatic heterocycles. The van der Waals surface area contributed by atoms with Crippen molar-refractivity contribution >= 4 is 10.9 Å². The Morgan fingerprint density at radius 1 is 1.18 bits per heavy atom. The van der Waals surface area contributed by atoms with E-state index in [1.54, 1.807) is 18.2 Å². The Hall–Kier alpha value is -1.38. The number of nitrogens with zero attached hydrogens (tertiary/aromatic N) is 1. The number of hydrogen-bond donors (Lipinski definition) is 0. The average molecular weight is 153 g/mol. The highest BCUT2D eigenvalue weighted by Crippen LogP contribution is 2.17. The lowest BCUT2D eigenvalue weighted by Gasteiger charge is -1.88. The van der Waals surface area contributed by atoms with E-state index in [2.05, 4.69) is 0 Å². The van der Waals surface area contributed by atoms with Gasteiger partial charge in [-0.2, -0.15) is 9.18 Å². The predicted molar refractivity (Wildman–Crippen MR) is 38.4 cm³/mol. The molecule has 0 radical (unpaired) electrons. The van der Waals surface area contributed by atoms with Gasteiger partial charge in [-0.15, -0.1) is 0 Å². The second-order valence-corrected chi connectivity index (χ2v) is 2.31. The van der Waals surface area contributed by atoms with Crippen LogP contribution in [0.3, 0.4) is 0 Å². The zero-order valence-corrected chi connectivity index (χ0v) is 5.59. The Labute approximate surface area is 61.8 Å². The molecule has 0 saturated carbocycles. The highest BCUT2D eigenvalue weighted by Gasteiger charge is 2.05. The summed E-state index contributed by atoms with van der Waals surface area (Å²) < 4.78 is 25.2. The normalized spacial score (nSPS) is 10.7. The van der Waals surface area contributed by atoms with Crippen LogP contribution in [0.4, 0.5) is 8.87 Å². The number of fused-ring (bicyclic) bond motifs is 1. The Bertz CT molecular complexity index is 392. The van der Waals surface area contributed by atoms with Gasteiger partial charge in [-0.3, -0.25) is 0 Å². The average Bonchev–Trinajstić information content (AvgIpc) is 2.30. The summed E-state index contributed by atoms with van der Waals surface area (Å²) in [5.74, 6) is -0.855. The van der Waals surface area contributed by atoms with E-state index in [-0.39, 0.29) is 10.3 Å². The maximum absolute atomic E-state index is 12.7. The summed E-state index contributed by atoms with van der Waals surface area (Å²) in [7, 11) is 0. The fourth-order valence-corrected chi connectivity index (χ4v) is 1.09. The van der Waals surface area contributed by atoms with E-state index < -0.39 is 5.95 Å². The van der Waals surface area contributed by atoms with Gasteiger partial charge in [0.2, 0.25) is 5.95 Å². The van der Waals surface area contributed by atoms with Crippen LogP contribution in [0.2, 0.25) is 0 Å². The molecule has 0 amide bonds. The minimum absolute atomic E-state index is 0.0370. The van der Waals surface area contributed by atoms with Gasteiger partial charge in [0.15, 0.2) is 0 Å². The monoisotopic (exact) mass is 153 g/mol. The van der Waals surface area contributed by atoms with Crippen LogP contribution in [0.1, 0.15) is 0 Å². The topological polar surface area (TPSA) is 4.93 Å². The molecular weight excluding hydrogens is 148 g/mol. The molecule has 0 saturated heterocycles. The summed E-state index contributed by atoms with van der Waals surface area (Å²) in [6, 6.07) is 7.75. The van der Waals surface area contributed by atoms with Crippen LogP contribution in [0.5, 0.6) is 0 Å². The lowest BCUT2D eigenvalue weighted by Crippen LogP contribution is -1.83. The number of hydrogen-bond acceptors (Lipinski definition) is 0. The molecule has 0 bridgehead atoms. The quantitative estimate of drug-likeness (QED) is 0.548. The molecule has 1 nitrogen and oxygen atoms in total. The van der Waals surface area contributed by atoms with Gasteiger partial charge in [0, 0.05) is 11.5 Å². The van der Waals surface area contributed by atoms with E-state index in [0.29, 0.717) is 5.39 Å². The second-order valence-electron chi connectivity index (χ2n) is 2.31. The highest BCUT2D eigenvalue weighted by atomic mass is 19.2. The number of rotatable bonds is 0. The van der Waals surface area contributed by atoms with E-state index in [4.69, 9.17) is 0 Å². The molecule has 0 atom stereocenters. The van der Waals surface area contributed by atoms with Gasteiger partial charge in [0.1, 0.15) is 0 Å². The summed E-state index contributed by atoms with van der Waals surface area (Å²) in [5, 5.41) is 0.576. The molecule has 0 aliphatic heterocycles. The van der Waals surface area contributed by atoms with Crippen LogP contribution in [-0.4, -0.2) is 4.79 Å². The van der Waals surface area contributed by atoms with Crippen LogP contribution in [0.25, 0.3) is 10.9 Å². The zero-order valence-electron chi connectivity index (χ0n) is 5.59. The molecule has 0 spiro atoms. The smallest absolute Gasteiger partial charge is 0.184 e. The first-order chi connectivity index (χ1) is 5.29. The minimum atomic E-state index is -0.855. The SMILES string of the molecule is Fc1cc2ccccc2n1F. The minimum Gasteiger partial charge on any atom is -0.184 e. The van der Waals surface area contributed by atoms with Crippen molar-refractivity contribution in [1.82, 2.24) is 4.79 Å². The first-order valence-electron chi connectivity index (χ1n) is 3.21. The number of aromatic nitrogens is 1. The van der Waals surface area contributed by atoms with Gasteiger partial charge < -0.3 is 0 Å². The highest BCUT2D eigenvalue weighted by molar-refractivity contribution is 5.79. The number of para-hydroxylation sites is 1. The van der Waals surface area contributed by atoms with E-state index in [1.165, 1.54) is 6.07 Å². The van der Waals surface area contributed by atoms with Crippen molar-refractivity contribution in [3.05, 3.63) is 36.3 Å². The Morgan fingerprint density at radius 2 is 1.91 bits per heavy atom. The fraction of sp³-hybridized carbons (Fsp3) is 0. The molecular formula is C8H5F2N. The molecule has 0 aliphatic carbocycles. The third kappa shape index (κ3) is 0.808. The van der Waals surface area contributed by atoms with E-state index in [0.717, 1.165) is 6.07 Å². The standard InChI is InChI=1S/C8H5F2N/c9-8-5-6-3-1-2-4-7(6)11(8)10/h1-5H. The van der Waals surface area contributed by atoms with Gasteiger partial charge in [0.25, 0.3) is 0 Å². The summed E-state index contributed by atoms with van der Waals surface area (Å²) in [6.07, 6.45) is 0. The second kappa shape index (κ2) is 2.05. The first kappa shape index (κ1) is 6.34. The van der Waals surface area contributed by atoms with Gasteiger partial charge >= 0.3 is 0 Å². The molecule has 2 aromatic rings. The maximum Gasteiger partial charge on any atom is 0.223 e. The van der Waals surface area contributed by atoms with E-state index in [1.807, 2.05) is 0 Å². The lowest BCUT2D eigenvalue weighted by molar-refractivity contribution is 0.313. The van der Waals surface area contributed by atoms with Crippen LogP contribution < -0.4 is 0 Å². The van der Waals surface area contributed by atoms with Crippen LogP contribution in [-0.2, 0) is 0 Å². The van der Waals surface area contributed by atoms with Crippen molar-refractivity contribution in [3.63, 3.8) is 0 Å². The molecule has 1 heterocycles. The molecule has 56 valence electrons. The lowest BCUT2D eigenvalue weighted by atomic mass is 10.3. The van der Waals surface area contributed by atoms with Crippen molar-refractivity contribution in [2.24, 2.45) is 0 Å². The van der Waals surface area contributed by atoms with Crippen LogP contribution in [0.15, 0.2) is 30.3 Å². The molecule has 11 heavy (non-hydrogen) atoms. The fourth-order valence-electron chi connectivity index (χ4n) is 1.09. The molecule has 1 aromatic carbocycles. The first-order valence-corrected chi connectivity index (χ1v) is 3.21. The molecule has 3 heteroatoms. The summed E-state index contributed by atoms with van der Waals surface area (Å²) >= 11 is 0. The van der Waals surface area contributed by atoms with Gasteiger partial charge in [-0.05, 0) is 6.07 Å². The molecule has 0 fully saturated rings. The van der Waals surface area contributed by atoms with Crippen molar-refractivity contribution in [3.8, 4) is 0 Å². The molecule has 0 aliphatic rings. The Balaban J connectivity index is 2.92. The largest absolute Gasteiger partial charge is 0.223 e. The Kier molecular flexibility index (Phi) is 1.18. The predicted octanol–water partition coefficient (Wildman–Crippen LogP) is 2.51. The molecule has 2 rings (SSSR count). The summed E-state index contributed by atoms with van der Waals surface area (Å²) in [6.45, 7) is 0. The molecule has 0 N–H and O–H groups in total. The van der Waals surface area contributed by atoms with Crippen molar-refractivity contribution in [2.75, 3.05) is 0 Å².